The molecule has 0 saturated carbocycles. The van der Waals surface area contributed by atoms with Crippen molar-refractivity contribution >= 4 is 27.5 Å². The third-order valence-corrected chi connectivity index (χ3v) is 4.55. The zero-order valence-corrected chi connectivity index (χ0v) is 15.1. The highest BCUT2D eigenvalue weighted by Gasteiger charge is 2.16. The van der Waals surface area contributed by atoms with E-state index in [-0.39, 0.29) is 41.3 Å². The molecular formula is C14H21ClN2O6S. The van der Waals surface area contributed by atoms with E-state index in [1.54, 1.807) is 0 Å². The lowest BCUT2D eigenvalue weighted by atomic mass is 10.3. The van der Waals surface area contributed by atoms with Gasteiger partial charge in [0.05, 0.1) is 23.1 Å². The van der Waals surface area contributed by atoms with Gasteiger partial charge in [-0.25, -0.2) is 13.1 Å². The average molecular weight is 381 g/mol. The number of benzene rings is 1. The summed E-state index contributed by atoms with van der Waals surface area (Å²) in [6, 6.07) is 4.00. The summed E-state index contributed by atoms with van der Waals surface area (Å²) in [5.74, 6) is -0.115. The molecule has 0 heterocycles. The number of sulfonamides is 1. The van der Waals surface area contributed by atoms with Crippen molar-refractivity contribution in [3.05, 3.63) is 23.2 Å². The topological polar surface area (TPSA) is 103 Å². The van der Waals surface area contributed by atoms with Crippen LogP contribution in [0.15, 0.2) is 23.1 Å². The van der Waals surface area contributed by atoms with Crippen LogP contribution in [0.1, 0.15) is 0 Å². The van der Waals surface area contributed by atoms with Gasteiger partial charge in [0, 0.05) is 27.3 Å². The van der Waals surface area contributed by atoms with Crippen molar-refractivity contribution in [2.75, 3.05) is 47.1 Å². The van der Waals surface area contributed by atoms with Gasteiger partial charge in [0.1, 0.15) is 5.75 Å². The maximum atomic E-state index is 12.0. The Morgan fingerprint density at radius 2 is 1.83 bits per heavy atom. The van der Waals surface area contributed by atoms with E-state index in [0.717, 1.165) is 0 Å². The van der Waals surface area contributed by atoms with Crippen LogP contribution in [0.25, 0.3) is 0 Å². The smallest absolute Gasteiger partial charge is 0.258 e. The minimum atomic E-state index is -3.68. The number of carbonyl (C=O) groups is 1. The fraction of sp³-hybridized carbons (Fsp3) is 0.500. The van der Waals surface area contributed by atoms with Crippen LogP contribution in [-0.4, -0.2) is 61.5 Å². The SMILES string of the molecule is COCCNC(=O)COc1ccc(S(=O)(=O)NCCOC)cc1Cl. The Bertz CT molecular complexity index is 638. The fourth-order valence-corrected chi connectivity index (χ4v) is 2.95. The number of rotatable bonds is 11. The van der Waals surface area contributed by atoms with Crippen molar-refractivity contribution in [3.8, 4) is 5.75 Å². The Balaban J connectivity index is 2.62. The van der Waals surface area contributed by atoms with Crippen molar-refractivity contribution < 1.29 is 27.4 Å². The molecule has 0 aliphatic rings. The van der Waals surface area contributed by atoms with E-state index in [1.165, 1.54) is 32.4 Å². The fourth-order valence-electron chi connectivity index (χ4n) is 1.61. The largest absolute Gasteiger partial charge is 0.482 e. The van der Waals surface area contributed by atoms with E-state index in [4.69, 9.17) is 25.8 Å². The molecule has 0 atom stereocenters. The van der Waals surface area contributed by atoms with Crippen molar-refractivity contribution in [1.82, 2.24) is 10.0 Å². The molecule has 1 aromatic carbocycles. The summed E-state index contributed by atoms with van der Waals surface area (Å²) < 4.78 is 41.3. The molecule has 0 saturated heterocycles. The summed E-state index contributed by atoms with van der Waals surface area (Å²) in [7, 11) is -0.676. The molecule has 8 nitrogen and oxygen atoms in total. The number of methoxy groups -OCH3 is 2. The molecule has 2 N–H and O–H groups in total. The maximum absolute atomic E-state index is 12.0. The van der Waals surface area contributed by atoms with Crippen molar-refractivity contribution in [3.63, 3.8) is 0 Å². The highest BCUT2D eigenvalue weighted by atomic mass is 35.5. The molecule has 1 rings (SSSR count). The lowest BCUT2D eigenvalue weighted by Crippen LogP contribution is -2.31. The first-order valence-corrected chi connectivity index (χ1v) is 8.93. The number of carbonyl (C=O) groups excluding carboxylic acids is 1. The highest BCUT2D eigenvalue weighted by Crippen LogP contribution is 2.27. The van der Waals surface area contributed by atoms with Gasteiger partial charge >= 0.3 is 0 Å². The molecule has 0 aliphatic heterocycles. The molecule has 0 radical (unpaired) electrons. The second-order valence-electron chi connectivity index (χ2n) is 4.61. The van der Waals surface area contributed by atoms with Gasteiger partial charge in [-0.05, 0) is 18.2 Å². The van der Waals surface area contributed by atoms with E-state index >= 15 is 0 Å². The van der Waals surface area contributed by atoms with Gasteiger partial charge in [-0.1, -0.05) is 11.6 Å². The van der Waals surface area contributed by atoms with Crippen molar-refractivity contribution in [2.45, 2.75) is 4.90 Å². The molecule has 0 aromatic heterocycles. The van der Waals surface area contributed by atoms with Gasteiger partial charge in [0.2, 0.25) is 10.0 Å². The predicted molar refractivity (Wildman–Crippen MR) is 88.9 cm³/mol. The van der Waals surface area contributed by atoms with Gasteiger partial charge in [-0.15, -0.1) is 0 Å². The normalized spacial score (nSPS) is 11.3. The van der Waals surface area contributed by atoms with Crippen LogP contribution in [-0.2, 0) is 24.3 Å². The van der Waals surface area contributed by atoms with E-state index in [9.17, 15) is 13.2 Å². The molecule has 0 fully saturated rings. The minimum Gasteiger partial charge on any atom is -0.482 e. The Hall–Kier alpha value is -1.39. The molecule has 0 unspecified atom stereocenters. The monoisotopic (exact) mass is 380 g/mol. The van der Waals surface area contributed by atoms with Gasteiger partial charge in [0.15, 0.2) is 6.61 Å². The van der Waals surface area contributed by atoms with E-state index < -0.39 is 10.0 Å². The van der Waals surface area contributed by atoms with Crippen LogP contribution in [0, 0.1) is 0 Å². The number of amides is 1. The Labute approximate surface area is 146 Å². The van der Waals surface area contributed by atoms with E-state index in [2.05, 4.69) is 10.0 Å². The number of ether oxygens (including phenoxy) is 3. The molecule has 0 spiro atoms. The van der Waals surface area contributed by atoms with Gasteiger partial charge in [-0.3, -0.25) is 4.79 Å². The van der Waals surface area contributed by atoms with Crippen molar-refractivity contribution in [2.24, 2.45) is 0 Å². The second kappa shape index (κ2) is 10.5. The van der Waals surface area contributed by atoms with Crippen LogP contribution in [0.2, 0.25) is 5.02 Å². The Kier molecular flexibility index (Phi) is 9.01. The number of hydrogen-bond donors (Lipinski definition) is 2. The summed E-state index contributed by atoms with van der Waals surface area (Å²) in [5, 5.41) is 2.68. The van der Waals surface area contributed by atoms with Gasteiger partial charge < -0.3 is 19.5 Å². The highest BCUT2D eigenvalue weighted by molar-refractivity contribution is 7.89. The lowest BCUT2D eigenvalue weighted by Gasteiger charge is -2.11. The molecule has 136 valence electrons. The first-order chi connectivity index (χ1) is 11.4. The van der Waals surface area contributed by atoms with Crippen LogP contribution in [0.3, 0.4) is 0 Å². The first kappa shape index (κ1) is 20.7. The number of nitrogens with one attached hydrogen (secondary N) is 2. The molecule has 1 aromatic rings. The molecule has 10 heteroatoms. The molecule has 0 bridgehead atoms. The van der Waals surface area contributed by atoms with Crippen molar-refractivity contribution in [1.29, 1.82) is 0 Å². The number of hydrogen-bond acceptors (Lipinski definition) is 6. The summed E-state index contributed by atoms with van der Waals surface area (Å²) in [4.78, 5) is 11.5. The zero-order valence-electron chi connectivity index (χ0n) is 13.5. The average Bonchev–Trinajstić information content (AvgIpc) is 2.54. The summed E-state index contributed by atoms with van der Waals surface area (Å²) >= 11 is 6.01. The summed E-state index contributed by atoms with van der Waals surface area (Å²) in [5.41, 5.74) is 0. The zero-order chi connectivity index (χ0) is 18.0. The van der Waals surface area contributed by atoms with Crippen LogP contribution in [0.5, 0.6) is 5.75 Å². The quantitative estimate of drug-likeness (QED) is 0.539. The van der Waals surface area contributed by atoms with Gasteiger partial charge in [0.25, 0.3) is 5.91 Å². The summed E-state index contributed by atoms with van der Waals surface area (Å²) in [6.45, 7) is 0.941. The predicted octanol–water partition coefficient (Wildman–Crippen LogP) is 0.406. The third kappa shape index (κ3) is 7.02. The molecular weight excluding hydrogens is 360 g/mol. The third-order valence-electron chi connectivity index (χ3n) is 2.80. The Morgan fingerprint density at radius 3 is 2.46 bits per heavy atom. The van der Waals surface area contributed by atoms with E-state index in [1.807, 2.05) is 0 Å². The van der Waals surface area contributed by atoms with Crippen LogP contribution < -0.4 is 14.8 Å². The minimum absolute atomic E-state index is 0.000462. The Morgan fingerprint density at radius 1 is 1.17 bits per heavy atom. The lowest BCUT2D eigenvalue weighted by molar-refractivity contribution is -0.123. The summed E-state index contributed by atoms with van der Waals surface area (Å²) in [6.07, 6.45) is 0. The van der Waals surface area contributed by atoms with Crippen LogP contribution >= 0.6 is 11.6 Å². The van der Waals surface area contributed by atoms with E-state index in [0.29, 0.717) is 13.2 Å². The first-order valence-electron chi connectivity index (χ1n) is 7.07. The molecule has 0 aliphatic carbocycles. The van der Waals surface area contributed by atoms with Crippen LogP contribution in [0.4, 0.5) is 0 Å². The molecule has 1 amide bonds. The second-order valence-corrected chi connectivity index (χ2v) is 6.79. The number of halogens is 1. The molecule has 24 heavy (non-hydrogen) atoms. The van der Waals surface area contributed by atoms with Gasteiger partial charge in [-0.2, -0.15) is 0 Å². The standard InChI is InChI=1S/C14H21ClN2O6S/c1-21-7-5-16-14(18)10-23-13-4-3-11(9-12(13)15)24(19,20)17-6-8-22-2/h3-4,9,17H,5-8,10H2,1-2H3,(H,16,18). The maximum Gasteiger partial charge on any atom is 0.258 e.